The minimum absolute atomic E-state index is 0.0739. The first-order valence-corrected chi connectivity index (χ1v) is 7.32. The van der Waals surface area contributed by atoms with Gasteiger partial charge in [0.2, 0.25) is 5.91 Å². The lowest BCUT2D eigenvalue weighted by molar-refractivity contribution is -0.116. The molecule has 0 saturated carbocycles. The summed E-state index contributed by atoms with van der Waals surface area (Å²) in [6.45, 7) is 0.576. The van der Waals surface area contributed by atoms with Crippen LogP contribution in [-0.2, 0) is 17.6 Å². The molecular formula is C17H17N3O2. The number of amides is 2. The molecule has 1 aromatic heterocycles. The van der Waals surface area contributed by atoms with Gasteiger partial charge in [-0.3, -0.25) is 14.6 Å². The number of hydrogen-bond donors (Lipinski definition) is 2. The summed E-state index contributed by atoms with van der Waals surface area (Å²) in [4.78, 5) is 27.1. The van der Waals surface area contributed by atoms with Gasteiger partial charge in [-0.2, -0.15) is 0 Å². The molecule has 0 saturated heterocycles. The Hall–Kier alpha value is -2.69. The third-order valence-corrected chi connectivity index (χ3v) is 3.71. The Morgan fingerprint density at radius 1 is 1.18 bits per heavy atom. The highest BCUT2D eigenvalue weighted by atomic mass is 16.2. The number of nitrogens with zero attached hydrogens (tertiary/aromatic N) is 1. The van der Waals surface area contributed by atoms with Gasteiger partial charge in [-0.25, -0.2) is 0 Å². The van der Waals surface area contributed by atoms with Gasteiger partial charge in [-0.05, 0) is 42.2 Å². The van der Waals surface area contributed by atoms with Crippen molar-refractivity contribution in [3.05, 3.63) is 59.4 Å². The van der Waals surface area contributed by atoms with E-state index in [0.29, 0.717) is 18.5 Å². The van der Waals surface area contributed by atoms with E-state index >= 15 is 0 Å². The topological polar surface area (TPSA) is 71.1 Å². The molecule has 1 aromatic carbocycles. The van der Waals surface area contributed by atoms with Crippen molar-refractivity contribution >= 4 is 17.5 Å². The molecule has 5 nitrogen and oxygen atoms in total. The van der Waals surface area contributed by atoms with Crippen LogP contribution in [0.4, 0.5) is 5.69 Å². The lowest BCUT2D eigenvalue weighted by atomic mass is 9.99. The van der Waals surface area contributed by atoms with Gasteiger partial charge in [0, 0.05) is 36.6 Å². The summed E-state index contributed by atoms with van der Waals surface area (Å²) in [6.07, 6.45) is 5.28. The number of nitrogens with one attached hydrogen (secondary N) is 2. The number of hydrogen-bond acceptors (Lipinski definition) is 3. The molecule has 0 fully saturated rings. The van der Waals surface area contributed by atoms with Crippen LogP contribution in [-0.4, -0.2) is 23.3 Å². The van der Waals surface area contributed by atoms with Crippen LogP contribution < -0.4 is 10.6 Å². The largest absolute Gasteiger partial charge is 0.352 e. The molecule has 22 heavy (non-hydrogen) atoms. The first-order valence-electron chi connectivity index (χ1n) is 7.32. The summed E-state index contributed by atoms with van der Waals surface area (Å²) in [5, 5.41) is 5.77. The van der Waals surface area contributed by atoms with Crippen molar-refractivity contribution in [3.8, 4) is 0 Å². The smallest absolute Gasteiger partial charge is 0.251 e. The highest BCUT2D eigenvalue weighted by Crippen LogP contribution is 2.23. The average Bonchev–Trinajstić information content (AvgIpc) is 2.55. The van der Waals surface area contributed by atoms with E-state index in [9.17, 15) is 9.59 Å². The second kappa shape index (κ2) is 6.39. The SMILES string of the molecule is O=C1CCc2cc(CCNC(=O)c3ccncc3)ccc2N1. The minimum Gasteiger partial charge on any atom is -0.352 e. The molecule has 2 amide bonds. The molecule has 0 spiro atoms. The maximum Gasteiger partial charge on any atom is 0.251 e. The standard InChI is InChI=1S/C17H17N3O2/c21-16-4-2-14-11-12(1-3-15(14)20-16)5-10-19-17(22)13-6-8-18-9-7-13/h1,3,6-9,11H,2,4-5,10H2,(H,19,22)(H,20,21). The van der Waals surface area contributed by atoms with E-state index in [1.165, 1.54) is 0 Å². The molecule has 0 atom stereocenters. The van der Waals surface area contributed by atoms with Crippen molar-refractivity contribution in [2.75, 3.05) is 11.9 Å². The molecule has 0 bridgehead atoms. The number of carbonyl (C=O) groups excluding carboxylic acids is 2. The van der Waals surface area contributed by atoms with Crippen molar-refractivity contribution < 1.29 is 9.59 Å². The lowest BCUT2D eigenvalue weighted by Gasteiger charge is -2.17. The zero-order chi connectivity index (χ0) is 15.4. The van der Waals surface area contributed by atoms with Gasteiger partial charge in [-0.1, -0.05) is 12.1 Å². The normalized spacial score (nSPS) is 13.2. The average molecular weight is 295 g/mol. The Balaban J connectivity index is 1.56. The first-order chi connectivity index (χ1) is 10.7. The van der Waals surface area contributed by atoms with E-state index in [1.54, 1.807) is 24.5 Å². The molecule has 2 heterocycles. The summed E-state index contributed by atoms with van der Waals surface area (Å²) in [7, 11) is 0. The second-order valence-electron chi connectivity index (χ2n) is 5.28. The number of anilines is 1. The van der Waals surface area contributed by atoms with Gasteiger partial charge in [0.05, 0.1) is 0 Å². The number of pyridine rings is 1. The van der Waals surface area contributed by atoms with Crippen LogP contribution >= 0.6 is 0 Å². The molecule has 3 rings (SSSR count). The van der Waals surface area contributed by atoms with Crippen LogP contribution in [0.25, 0.3) is 0 Å². The zero-order valence-corrected chi connectivity index (χ0v) is 12.1. The number of carbonyl (C=O) groups is 2. The summed E-state index contributed by atoms with van der Waals surface area (Å²) in [6, 6.07) is 9.41. The number of aromatic nitrogens is 1. The molecule has 2 aromatic rings. The van der Waals surface area contributed by atoms with Crippen LogP contribution in [0.5, 0.6) is 0 Å². The molecular weight excluding hydrogens is 278 g/mol. The van der Waals surface area contributed by atoms with Crippen LogP contribution in [0.1, 0.15) is 27.9 Å². The minimum atomic E-state index is -0.0902. The number of fused-ring (bicyclic) bond motifs is 1. The molecule has 5 heteroatoms. The summed E-state index contributed by atoms with van der Waals surface area (Å²) < 4.78 is 0. The summed E-state index contributed by atoms with van der Waals surface area (Å²) in [5.41, 5.74) is 3.84. The Kier molecular flexibility index (Phi) is 4.14. The van der Waals surface area contributed by atoms with Gasteiger partial charge < -0.3 is 10.6 Å². The molecule has 2 N–H and O–H groups in total. The van der Waals surface area contributed by atoms with Gasteiger partial charge >= 0.3 is 0 Å². The van der Waals surface area contributed by atoms with Crippen molar-refractivity contribution in [2.24, 2.45) is 0 Å². The molecule has 112 valence electrons. The van der Waals surface area contributed by atoms with Gasteiger partial charge in [0.15, 0.2) is 0 Å². The summed E-state index contributed by atoms with van der Waals surface area (Å²) in [5.74, 6) is -0.0162. The maximum atomic E-state index is 11.9. The van der Waals surface area contributed by atoms with E-state index < -0.39 is 0 Å². The van der Waals surface area contributed by atoms with Crippen molar-refractivity contribution in [2.45, 2.75) is 19.3 Å². The molecule has 0 aliphatic carbocycles. The Bertz CT molecular complexity index is 698. The van der Waals surface area contributed by atoms with Gasteiger partial charge in [0.25, 0.3) is 5.91 Å². The Morgan fingerprint density at radius 2 is 2.00 bits per heavy atom. The van der Waals surface area contributed by atoms with Crippen LogP contribution in [0.2, 0.25) is 0 Å². The van der Waals surface area contributed by atoms with Crippen molar-refractivity contribution in [3.63, 3.8) is 0 Å². The molecule has 0 unspecified atom stereocenters. The van der Waals surface area contributed by atoms with Crippen LogP contribution in [0.15, 0.2) is 42.7 Å². The second-order valence-corrected chi connectivity index (χ2v) is 5.28. The maximum absolute atomic E-state index is 11.9. The fourth-order valence-electron chi connectivity index (χ4n) is 2.52. The van der Waals surface area contributed by atoms with E-state index in [4.69, 9.17) is 0 Å². The predicted octanol–water partition coefficient (Wildman–Crippen LogP) is 1.94. The third kappa shape index (κ3) is 3.31. The highest BCUT2D eigenvalue weighted by molar-refractivity contribution is 5.94. The third-order valence-electron chi connectivity index (χ3n) is 3.71. The number of aryl methyl sites for hydroxylation is 1. The molecule has 1 aliphatic heterocycles. The van der Waals surface area contributed by atoms with Crippen molar-refractivity contribution in [1.82, 2.24) is 10.3 Å². The van der Waals surface area contributed by atoms with Gasteiger partial charge in [-0.15, -0.1) is 0 Å². The van der Waals surface area contributed by atoms with E-state index in [0.717, 1.165) is 29.7 Å². The van der Waals surface area contributed by atoms with Crippen LogP contribution in [0, 0.1) is 0 Å². The zero-order valence-electron chi connectivity index (χ0n) is 12.1. The van der Waals surface area contributed by atoms with Gasteiger partial charge in [0.1, 0.15) is 0 Å². The fourth-order valence-corrected chi connectivity index (χ4v) is 2.52. The van der Waals surface area contributed by atoms with Crippen molar-refractivity contribution in [1.29, 1.82) is 0 Å². The van der Waals surface area contributed by atoms with Crippen LogP contribution in [0.3, 0.4) is 0 Å². The summed E-state index contributed by atoms with van der Waals surface area (Å²) >= 11 is 0. The Morgan fingerprint density at radius 3 is 2.82 bits per heavy atom. The highest BCUT2D eigenvalue weighted by Gasteiger charge is 2.14. The van der Waals surface area contributed by atoms with E-state index in [-0.39, 0.29) is 11.8 Å². The number of rotatable bonds is 4. The monoisotopic (exact) mass is 295 g/mol. The molecule has 1 aliphatic rings. The molecule has 0 radical (unpaired) electrons. The number of benzene rings is 1. The first kappa shape index (κ1) is 14.3. The quantitative estimate of drug-likeness (QED) is 0.905. The predicted molar refractivity (Wildman–Crippen MR) is 83.7 cm³/mol. The van der Waals surface area contributed by atoms with E-state index in [1.807, 2.05) is 12.1 Å². The Labute approximate surface area is 128 Å². The lowest BCUT2D eigenvalue weighted by Crippen LogP contribution is -2.25. The fraction of sp³-hybridized carbons (Fsp3) is 0.235. The van der Waals surface area contributed by atoms with E-state index in [2.05, 4.69) is 21.7 Å².